The fourth-order valence-corrected chi connectivity index (χ4v) is 2.20. The van der Waals surface area contributed by atoms with Crippen LogP contribution in [-0.2, 0) is 0 Å². The SMILES string of the molecule is Nc1ccc(OC(F)(F)F)cc1.O=C(O)c1cc2ncsc2[nH]1. The Hall–Kier alpha value is -2.75. The summed E-state index contributed by atoms with van der Waals surface area (Å²) in [6, 6.07) is 6.50. The normalized spacial score (nSPS) is 10.9. The number of nitrogen functional groups attached to an aromatic ring is 1. The summed E-state index contributed by atoms with van der Waals surface area (Å²) in [6.45, 7) is 0. The van der Waals surface area contributed by atoms with Crippen LogP contribution in [0.15, 0.2) is 35.8 Å². The Morgan fingerprint density at radius 2 is 1.96 bits per heavy atom. The highest BCUT2D eigenvalue weighted by Crippen LogP contribution is 2.23. The van der Waals surface area contributed by atoms with E-state index < -0.39 is 12.3 Å². The molecule has 122 valence electrons. The number of nitrogens with one attached hydrogen (secondary N) is 1. The molecule has 2 aromatic heterocycles. The number of thiazole rings is 1. The van der Waals surface area contributed by atoms with Crippen molar-refractivity contribution < 1.29 is 27.8 Å². The first kappa shape index (κ1) is 16.6. The van der Waals surface area contributed by atoms with Crippen molar-refractivity contribution in [3.8, 4) is 5.75 Å². The first-order valence-electron chi connectivity index (χ1n) is 6.01. The number of nitrogens with two attached hydrogens (primary N) is 1. The lowest BCUT2D eigenvalue weighted by Gasteiger charge is -2.07. The van der Waals surface area contributed by atoms with Crippen molar-refractivity contribution in [3.63, 3.8) is 0 Å². The number of H-pyrrole nitrogens is 1. The molecule has 3 rings (SSSR count). The van der Waals surface area contributed by atoms with E-state index >= 15 is 0 Å². The van der Waals surface area contributed by atoms with Crippen molar-refractivity contribution in [1.29, 1.82) is 0 Å². The Morgan fingerprint density at radius 1 is 1.30 bits per heavy atom. The van der Waals surface area contributed by atoms with E-state index in [0.717, 1.165) is 17.0 Å². The standard InChI is InChI=1S/C7H6F3NO.C6H4N2O2S/c8-7(9,10)12-6-3-1-5(11)2-4-6;9-6(10)4-1-3-5(8-4)11-2-7-3/h1-4H,11H2;1-2,8H,(H,9,10). The van der Waals surface area contributed by atoms with Crippen molar-refractivity contribution in [2.75, 3.05) is 5.73 Å². The van der Waals surface area contributed by atoms with E-state index in [9.17, 15) is 18.0 Å². The minimum atomic E-state index is -4.64. The van der Waals surface area contributed by atoms with Crippen LogP contribution in [0.3, 0.4) is 0 Å². The molecule has 1 aromatic carbocycles. The van der Waals surface area contributed by atoms with Crippen LogP contribution in [0.25, 0.3) is 10.3 Å². The molecule has 6 nitrogen and oxygen atoms in total. The van der Waals surface area contributed by atoms with Crippen LogP contribution in [0.1, 0.15) is 10.5 Å². The lowest BCUT2D eigenvalue weighted by molar-refractivity contribution is -0.274. The van der Waals surface area contributed by atoms with E-state index in [4.69, 9.17) is 10.8 Å². The number of hydrogen-bond donors (Lipinski definition) is 3. The van der Waals surface area contributed by atoms with E-state index in [1.807, 2.05) is 0 Å². The molecule has 10 heteroatoms. The van der Waals surface area contributed by atoms with Gasteiger partial charge < -0.3 is 20.6 Å². The van der Waals surface area contributed by atoms with Crippen LogP contribution in [0, 0.1) is 0 Å². The highest BCUT2D eigenvalue weighted by atomic mass is 32.1. The van der Waals surface area contributed by atoms with E-state index in [1.165, 1.54) is 29.5 Å². The van der Waals surface area contributed by atoms with Crippen molar-refractivity contribution >= 4 is 33.3 Å². The minimum Gasteiger partial charge on any atom is -0.477 e. The fraction of sp³-hybridized carbons (Fsp3) is 0.0769. The molecular formula is C13H10F3N3O3S. The molecule has 4 N–H and O–H groups in total. The number of rotatable bonds is 2. The third-order valence-corrected chi connectivity index (χ3v) is 3.23. The van der Waals surface area contributed by atoms with Gasteiger partial charge >= 0.3 is 12.3 Å². The molecule has 0 fully saturated rings. The zero-order valence-electron chi connectivity index (χ0n) is 11.3. The molecule has 0 bridgehead atoms. The van der Waals surface area contributed by atoms with E-state index in [2.05, 4.69) is 14.7 Å². The van der Waals surface area contributed by atoms with Crippen molar-refractivity contribution in [2.24, 2.45) is 0 Å². The predicted molar refractivity (Wildman–Crippen MR) is 78.5 cm³/mol. The van der Waals surface area contributed by atoms with E-state index in [-0.39, 0.29) is 11.4 Å². The summed E-state index contributed by atoms with van der Waals surface area (Å²) in [5.41, 5.74) is 8.23. The molecule has 0 radical (unpaired) electrons. The first-order valence-corrected chi connectivity index (χ1v) is 6.89. The van der Waals surface area contributed by atoms with E-state index in [0.29, 0.717) is 11.2 Å². The van der Waals surface area contributed by atoms with Gasteiger partial charge in [-0.25, -0.2) is 9.78 Å². The summed E-state index contributed by atoms with van der Waals surface area (Å²) in [5.74, 6) is -1.22. The second kappa shape index (κ2) is 6.57. The summed E-state index contributed by atoms with van der Waals surface area (Å²) in [4.78, 5) is 17.9. The van der Waals surface area contributed by atoms with Crippen molar-refractivity contribution in [3.05, 3.63) is 41.5 Å². The highest BCUT2D eigenvalue weighted by Gasteiger charge is 2.30. The number of aromatic amines is 1. The summed E-state index contributed by atoms with van der Waals surface area (Å²) >= 11 is 1.40. The topological polar surface area (TPSA) is 101 Å². The maximum Gasteiger partial charge on any atom is 0.573 e. The molecule has 0 saturated heterocycles. The van der Waals surface area contributed by atoms with Crippen LogP contribution in [-0.4, -0.2) is 27.4 Å². The summed E-state index contributed by atoms with van der Waals surface area (Å²) in [5, 5.41) is 8.55. The number of anilines is 1. The fourth-order valence-electron chi connectivity index (χ4n) is 1.53. The van der Waals surface area contributed by atoms with Gasteiger partial charge in [-0.05, 0) is 30.3 Å². The second-order valence-corrected chi connectivity index (χ2v) is 5.03. The number of aromatic carboxylic acids is 1. The third-order valence-electron chi connectivity index (χ3n) is 2.47. The highest BCUT2D eigenvalue weighted by molar-refractivity contribution is 7.16. The van der Waals surface area contributed by atoms with Gasteiger partial charge in [-0.2, -0.15) is 0 Å². The Bertz CT molecular complexity index is 768. The van der Waals surface area contributed by atoms with Gasteiger partial charge in [0.15, 0.2) is 0 Å². The number of alkyl halides is 3. The van der Waals surface area contributed by atoms with Crippen molar-refractivity contribution in [2.45, 2.75) is 6.36 Å². The molecule has 23 heavy (non-hydrogen) atoms. The first-order chi connectivity index (χ1) is 10.7. The Kier molecular flexibility index (Phi) is 4.74. The van der Waals surface area contributed by atoms with Crippen LogP contribution in [0.5, 0.6) is 5.75 Å². The van der Waals surface area contributed by atoms with Crippen LogP contribution >= 0.6 is 11.3 Å². The molecule has 0 spiro atoms. The minimum absolute atomic E-state index is 0.194. The number of ether oxygens (including phenoxy) is 1. The van der Waals surface area contributed by atoms with Gasteiger partial charge in [0, 0.05) is 5.69 Å². The van der Waals surface area contributed by atoms with Gasteiger partial charge in [-0.15, -0.1) is 24.5 Å². The Balaban J connectivity index is 0.000000167. The number of carbonyl (C=O) groups is 1. The maximum atomic E-state index is 11.6. The number of carboxylic acids is 1. The van der Waals surface area contributed by atoms with Gasteiger partial charge in [0.05, 0.1) is 5.51 Å². The maximum absolute atomic E-state index is 11.6. The quantitative estimate of drug-likeness (QED) is 0.617. The Labute approximate surface area is 131 Å². The van der Waals surface area contributed by atoms with Crippen LogP contribution in [0.4, 0.5) is 18.9 Å². The average molecular weight is 345 g/mol. The molecule has 0 saturated carbocycles. The number of fused-ring (bicyclic) bond motifs is 1. The second-order valence-electron chi connectivity index (χ2n) is 4.17. The molecule has 0 aliphatic carbocycles. The number of aromatic nitrogens is 2. The summed E-state index contributed by atoms with van der Waals surface area (Å²) in [6.07, 6.45) is -4.64. The van der Waals surface area contributed by atoms with Gasteiger partial charge in [0.25, 0.3) is 0 Å². The molecular weight excluding hydrogens is 335 g/mol. The molecule has 0 unspecified atom stereocenters. The molecule has 0 amide bonds. The number of carboxylic acid groups (broad SMARTS) is 1. The molecule has 0 aliphatic heterocycles. The number of hydrogen-bond acceptors (Lipinski definition) is 5. The number of halogens is 3. The third kappa shape index (κ3) is 4.88. The number of nitrogens with zero attached hydrogens (tertiary/aromatic N) is 1. The summed E-state index contributed by atoms with van der Waals surface area (Å²) < 4.78 is 38.4. The molecule has 0 atom stereocenters. The Morgan fingerprint density at radius 3 is 2.48 bits per heavy atom. The molecule has 2 heterocycles. The van der Waals surface area contributed by atoms with Gasteiger partial charge in [0.1, 0.15) is 21.8 Å². The average Bonchev–Trinajstić information content (AvgIpc) is 3.01. The van der Waals surface area contributed by atoms with Gasteiger partial charge in [-0.1, -0.05) is 0 Å². The van der Waals surface area contributed by atoms with Crippen LogP contribution < -0.4 is 10.5 Å². The van der Waals surface area contributed by atoms with Gasteiger partial charge in [-0.3, -0.25) is 0 Å². The zero-order chi connectivity index (χ0) is 17.0. The molecule has 0 aliphatic rings. The van der Waals surface area contributed by atoms with Crippen LogP contribution in [0.2, 0.25) is 0 Å². The largest absolute Gasteiger partial charge is 0.573 e. The zero-order valence-corrected chi connectivity index (χ0v) is 12.1. The number of benzene rings is 1. The van der Waals surface area contributed by atoms with Gasteiger partial charge in [0.2, 0.25) is 0 Å². The smallest absolute Gasteiger partial charge is 0.477 e. The lowest BCUT2D eigenvalue weighted by Crippen LogP contribution is -2.16. The predicted octanol–water partition coefficient (Wildman–Crippen LogP) is 3.49. The lowest BCUT2D eigenvalue weighted by atomic mass is 10.3. The monoisotopic (exact) mass is 345 g/mol. The van der Waals surface area contributed by atoms with E-state index in [1.54, 1.807) is 5.51 Å². The molecule has 3 aromatic rings. The van der Waals surface area contributed by atoms with Crippen molar-refractivity contribution in [1.82, 2.24) is 9.97 Å². The summed E-state index contributed by atoms with van der Waals surface area (Å²) in [7, 11) is 0.